The summed E-state index contributed by atoms with van der Waals surface area (Å²) in [6.07, 6.45) is 2.24. The number of piperidine rings is 1. The number of hydrogen-bond donors (Lipinski definition) is 1. The van der Waals surface area contributed by atoms with Crippen LogP contribution in [0.15, 0.2) is 42.5 Å². The highest BCUT2D eigenvalue weighted by molar-refractivity contribution is 5.99. The maximum absolute atomic E-state index is 11.8. The van der Waals surface area contributed by atoms with Crippen LogP contribution in [0.3, 0.4) is 0 Å². The predicted molar refractivity (Wildman–Crippen MR) is 111 cm³/mol. The van der Waals surface area contributed by atoms with E-state index in [0.29, 0.717) is 17.0 Å². The van der Waals surface area contributed by atoms with Crippen molar-refractivity contribution < 1.29 is 9.53 Å². The van der Waals surface area contributed by atoms with Crippen LogP contribution in [0.5, 0.6) is 5.75 Å². The number of ether oxygens (including phenoxy) is 1. The average Bonchev–Trinajstić information content (AvgIpc) is 2.73. The molecule has 28 heavy (non-hydrogen) atoms. The summed E-state index contributed by atoms with van der Waals surface area (Å²) in [7, 11) is 1.68. The molecule has 1 saturated heterocycles. The molecule has 0 saturated carbocycles. The van der Waals surface area contributed by atoms with Gasteiger partial charge in [0.1, 0.15) is 5.75 Å². The highest BCUT2D eigenvalue weighted by atomic mass is 16.5. The maximum atomic E-state index is 11.8. The second-order valence-corrected chi connectivity index (χ2v) is 7.38. The predicted octanol–water partition coefficient (Wildman–Crippen LogP) is 4.09. The smallest absolute Gasteiger partial charge is 0.161 e. The van der Waals surface area contributed by atoms with Crippen molar-refractivity contribution in [3.8, 4) is 11.8 Å². The number of anilines is 1. The topological polar surface area (TPSA) is 65.4 Å². The molecule has 3 rings (SSSR count). The van der Waals surface area contributed by atoms with Crippen molar-refractivity contribution >= 4 is 11.5 Å². The largest absolute Gasteiger partial charge is 0.497 e. The zero-order valence-electron chi connectivity index (χ0n) is 16.6. The Morgan fingerprint density at radius 3 is 2.54 bits per heavy atom. The van der Waals surface area contributed by atoms with E-state index in [0.717, 1.165) is 50.5 Å². The van der Waals surface area contributed by atoms with Crippen LogP contribution in [0.1, 0.15) is 41.3 Å². The molecule has 2 aromatic carbocycles. The van der Waals surface area contributed by atoms with Gasteiger partial charge < -0.3 is 10.1 Å². The normalized spacial score (nSPS) is 15.0. The van der Waals surface area contributed by atoms with Gasteiger partial charge in [0.05, 0.1) is 18.7 Å². The van der Waals surface area contributed by atoms with Gasteiger partial charge in [0.15, 0.2) is 5.78 Å². The first-order chi connectivity index (χ1) is 13.6. The molecular weight excluding hydrogens is 350 g/mol. The summed E-state index contributed by atoms with van der Waals surface area (Å²) in [5.74, 6) is 1.47. The van der Waals surface area contributed by atoms with Crippen molar-refractivity contribution in [1.82, 2.24) is 4.90 Å². The van der Waals surface area contributed by atoms with Crippen molar-refractivity contribution in [1.29, 1.82) is 5.26 Å². The number of rotatable bonds is 7. The van der Waals surface area contributed by atoms with E-state index in [1.165, 1.54) is 5.56 Å². The van der Waals surface area contributed by atoms with Gasteiger partial charge in [-0.2, -0.15) is 5.26 Å². The number of carbonyl (C=O) groups is 1. The lowest BCUT2D eigenvalue weighted by Gasteiger charge is -2.32. The lowest BCUT2D eigenvalue weighted by atomic mass is 9.96. The van der Waals surface area contributed by atoms with Gasteiger partial charge in [-0.05, 0) is 74.7 Å². The fraction of sp³-hybridized carbons (Fsp3) is 0.391. The second kappa shape index (κ2) is 9.38. The second-order valence-electron chi connectivity index (χ2n) is 7.38. The molecule has 0 radical (unpaired) electrons. The molecule has 1 fully saturated rings. The standard InChI is InChI=1S/C23H27N3O2/c1-17(27)22-8-5-20(14-24)13-23(22)25-15-18-9-11-26(12-10-18)16-19-3-6-21(28-2)7-4-19/h3-8,13,18,25H,9-12,15-16H2,1-2H3. The van der Waals surface area contributed by atoms with Gasteiger partial charge in [-0.3, -0.25) is 9.69 Å². The van der Waals surface area contributed by atoms with Crippen molar-refractivity contribution in [2.24, 2.45) is 5.92 Å². The molecular formula is C23H27N3O2. The Morgan fingerprint density at radius 1 is 1.21 bits per heavy atom. The number of benzene rings is 2. The summed E-state index contributed by atoms with van der Waals surface area (Å²) in [4.78, 5) is 14.3. The molecule has 5 nitrogen and oxygen atoms in total. The van der Waals surface area contributed by atoms with Gasteiger partial charge in [-0.25, -0.2) is 0 Å². The molecule has 0 aromatic heterocycles. The van der Waals surface area contributed by atoms with Crippen LogP contribution < -0.4 is 10.1 Å². The van der Waals surface area contributed by atoms with Gasteiger partial charge in [-0.15, -0.1) is 0 Å². The van der Waals surface area contributed by atoms with E-state index in [4.69, 9.17) is 10.00 Å². The minimum atomic E-state index is 0.0151. The van der Waals surface area contributed by atoms with Crippen LogP contribution in [0.25, 0.3) is 0 Å². The Labute approximate surface area is 166 Å². The SMILES string of the molecule is COc1ccc(CN2CCC(CNc3cc(C#N)ccc3C(C)=O)CC2)cc1. The van der Waals surface area contributed by atoms with Crippen LogP contribution >= 0.6 is 0 Å². The van der Waals surface area contributed by atoms with E-state index in [1.807, 2.05) is 12.1 Å². The molecule has 1 heterocycles. The van der Waals surface area contributed by atoms with Gasteiger partial charge in [0, 0.05) is 24.3 Å². The summed E-state index contributed by atoms with van der Waals surface area (Å²) in [5.41, 5.74) is 3.29. The van der Waals surface area contributed by atoms with Crippen molar-refractivity contribution in [2.75, 3.05) is 32.1 Å². The Morgan fingerprint density at radius 2 is 1.93 bits per heavy atom. The minimum Gasteiger partial charge on any atom is -0.497 e. The summed E-state index contributed by atoms with van der Waals surface area (Å²) in [6.45, 7) is 5.48. The van der Waals surface area contributed by atoms with Crippen LogP contribution in [-0.2, 0) is 6.54 Å². The van der Waals surface area contributed by atoms with Crippen LogP contribution in [0.2, 0.25) is 0 Å². The van der Waals surface area contributed by atoms with Gasteiger partial charge in [0.25, 0.3) is 0 Å². The molecule has 0 aliphatic carbocycles. The third-order valence-corrected chi connectivity index (χ3v) is 5.38. The molecule has 0 spiro atoms. The zero-order chi connectivity index (χ0) is 19.9. The van der Waals surface area contributed by atoms with E-state index < -0.39 is 0 Å². The van der Waals surface area contributed by atoms with E-state index >= 15 is 0 Å². The molecule has 1 N–H and O–H groups in total. The summed E-state index contributed by atoms with van der Waals surface area (Å²) in [5, 5.41) is 12.5. The van der Waals surface area contributed by atoms with E-state index in [2.05, 4.69) is 28.4 Å². The number of ketones is 1. The molecule has 5 heteroatoms. The lowest BCUT2D eigenvalue weighted by Crippen LogP contribution is -2.35. The van der Waals surface area contributed by atoms with E-state index in [-0.39, 0.29) is 5.78 Å². The molecule has 0 unspecified atom stereocenters. The number of likely N-dealkylation sites (tertiary alicyclic amines) is 1. The van der Waals surface area contributed by atoms with Gasteiger partial charge in [-0.1, -0.05) is 12.1 Å². The van der Waals surface area contributed by atoms with Gasteiger partial charge in [0.2, 0.25) is 0 Å². The molecule has 0 atom stereocenters. The lowest BCUT2D eigenvalue weighted by molar-refractivity contribution is 0.101. The van der Waals surface area contributed by atoms with Crippen molar-refractivity contribution in [3.05, 3.63) is 59.2 Å². The first-order valence-electron chi connectivity index (χ1n) is 9.73. The number of nitriles is 1. The molecule has 1 aliphatic heterocycles. The maximum Gasteiger partial charge on any atom is 0.161 e. The Balaban J connectivity index is 1.51. The zero-order valence-corrected chi connectivity index (χ0v) is 16.6. The quantitative estimate of drug-likeness (QED) is 0.736. The Kier molecular flexibility index (Phi) is 6.67. The average molecular weight is 377 g/mol. The molecule has 1 aliphatic rings. The third-order valence-electron chi connectivity index (χ3n) is 5.38. The first kappa shape index (κ1) is 19.9. The summed E-state index contributed by atoms with van der Waals surface area (Å²) in [6, 6.07) is 15.6. The first-order valence-corrected chi connectivity index (χ1v) is 9.73. The number of nitrogens with zero attached hydrogens (tertiary/aromatic N) is 2. The van der Waals surface area contributed by atoms with E-state index in [1.54, 1.807) is 32.2 Å². The minimum absolute atomic E-state index is 0.0151. The molecule has 146 valence electrons. The highest BCUT2D eigenvalue weighted by Crippen LogP contribution is 2.23. The van der Waals surface area contributed by atoms with Crippen LogP contribution in [0.4, 0.5) is 5.69 Å². The van der Waals surface area contributed by atoms with Crippen LogP contribution in [0, 0.1) is 17.2 Å². The van der Waals surface area contributed by atoms with Gasteiger partial charge >= 0.3 is 0 Å². The third kappa shape index (κ3) is 5.11. The monoisotopic (exact) mass is 377 g/mol. The number of carbonyl (C=O) groups excluding carboxylic acids is 1. The number of nitrogens with one attached hydrogen (secondary N) is 1. The summed E-state index contributed by atoms with van der Waals surface area (Å²) >= 11 is 0. The molecule has 2 aromatic rings. The fourth-order valence-corrected chi connectivity index (χ4v) is 3.66. The van der Waals surface area contributed by atoms with Crippen molar-refractivity contribution in [3.63, 3.8) is 0 Å². The van der Waals surface area contributed by atoms with E-state index in [9.17, 15) is 4.79 Å². The summed E-state index contributed by atoms with van der Waals surface area (Å²) < 4.78 is 5.21. The molecule has 0 amide bonds. The van der Waals surface area contributed by atoms with Crippen LogP contribution in [-0.4, -0.2) is 37.4 Å². The Bertz CT molecular complexity index is 847. The molecule has 0 bridgehead atoms. The highest BCUT2D eigenvalue weighted by Gasteiger charge is 2.20. The Hall–Kier alpha value is -2.84. The number of Topliss-reactive ketones (excluding diaryl/α,β-unsaturated/α-hetero) is 1. The number of methoxy groups -OCH3 is 1. The fourth-order valence-electron chi connectivity index (χ4n) is 3.66. The number of hydrogen-bond acceptors (Lipinski definition) is 5. The van der Waals surface area contributed by atoms with Crippen molar-refractivity contribution in [2.45, 2.75) is 26.3 Å².